The van der Waals surface area contributed by atoms with Crippen molar-refractivity contribution in [2.45, 2.75) is 83.1 Å². The molecule has 0 atom stereocenters. The van der Waals surface area contributed by atoms with E-state index < -0.39 is 0 Å². The first-order valence-corrected chi connectivity index (χ1v) is 23.2. The smallest absolute Gasteiger partial charge is 0.178 e. The number of nitrogens with zero attached hydrogens (tertiary/aromatic N) is 2. The van der Waals surface area contributed by atoms with Gasteiger partial charge in [-0.2, -0.15) is 0 Å². The molecule has 326 valence electrons. The monoisotopic (exact) mass is 860 g/mol. The average molecular weight is 861 g/mol. The normalized spacial score (nSPS) is 11.9. The summed E-state index contributed by atoms with van der Waals surface area (Å²) in [6.45, 7) is 26.7. The van der Waals surface area contributed by atoms with Crippen LogP contribution in [-0.2, 0) is 0 Å². The molecule has 0 saturated carbocycles. The Morgan fingerprint density at radius 3 is 0.909 bits per heavy atom. The van der Waals surface area contributed by atoms with Crippen LogP contribution in [-0.4, -0.2) is 0 Å². The van der Waals surface area contributed by atoms with Gasteiger partial charge in [-0.3, -0.25) is 0 Å². The van der Waals surface area contributed by atoms with Crippen LogP contribution < -0.4 is 9.80 Å². The molecule has 0 amide bonds. The zero-order valence-electron chi connectivity index (χ0n) is 40.3. The molecular formula is C62H56N2O2. The predicted octanol–water partition coefficient (Wildman–Crippen LogP) is 18.4. The van der Waals surface area contributed by atoms with E-state index in [0.29, 0.717) is 0 Å². The Morgan fingerprint density at radius 1 is 0.273 bits per heavy atom. The molecule has 9 aromatic carbocycles. The third-order valence-corrected chi connectivity index (χ3v) is 15.6. The lowest BCUT2D eigenvalue weighted by Gasteiger charge is -2.30. The highest BCUT2D eigenvalue weighted by Crippen LogP contribution is 2.46. The Hall–Kier alpha value is -7.30. The van der Waals surface area contributed by atoms with Crippen molar-refractivity contribution in [3.05, 3.63) is 188 Å². The molecule has 0 radical (unpaired) electrons. The number of anilines is 6. The number of rotatable bonds is 6. The number of hydrogen-bond donors (Lipinski definition) is 0. The molecule has 2 heterocycles. The molecule has 11 aromatic rings. The summed E-state index contributed by atoms with van der Waals surface area (Å²) in [6.07, 6.45) is 0. The van der Waals surface area contributed by atoms with Gasteiger partial charge in [-0.15, -0.1) is 0 Å². The number of benzene rings is 9. The van der Waals surface area contributed by atoms with Gasteiger partial charge in [0.1, 0.15) is 11.2 Å². The summed E-state index contributed by atoms with van der Waals surface area (Å²) in [5.74, 6) is 0. The summed E-state index contributed by atoms with van der Waals surface area (Å²) in [4.78, 5) is 4.87. The van der Waals surface area contributed by atoms with Crippen molar-refractivity contribution in [3.8, 4) is 0 Å². The van der Waals surface area contributed by atoms with Crippen LogP contribution in [0.25, 0.3) is 65.4 Å². The van der Waals surface area contributed by atoms with Crippen LogP contribution in [0.5, 0.6) is 0 Å². The van der Waals surface area contributed by atoms with E-state index >= 15 is 0 Å². The van der Waals surface area contributed by atoms with Crippen LogP contribution >= 0.6 is 0 Å². The largest absolute Gasteiger partial charge is 0.452 e. The molecule has 4 nitrogen and oxygen atoms in total. The van der Waals surface area contributed by atoms with Crippen LogP contribution in [0.4, 0.5) is 34.1 Å². The third-order valence-electron chi connectivity index (χ3n) is 15.6. The highest BCUT2D eigenvalue weighted by molar-refractivity contribution is 6.21. The summed E-state index contributed by atoms with van der Waals surface area (Å²) in [5.41, 5.74) is 25.8. The van der Waals surface area contributed by atoms with Gasteiger partial charge in [-0.05, 0) is 256 Å². The first-order valence-electron chi connectivity index (χ1n) is 23.2. The fourth-order valence-electron chi connectivity index (χ4n) is 10.4. The van der Waals surface area contributed by atoms with Crippen molar-refractivity contribution in [2.24, 2.45) is 0 Å². The quantitative estimate of drug-likeness (QED) is 0.167. The molecule has 0 fully saturated rings. The maximum absolute atomic E-state index is 6.86. The number of aryl methyl sites for hydroxylation is 4. The standard InChI is InChI=1S/C62H56N2O2/c1-33-13-23-55(41(9)37(33)5)63(56-24-14-34(2)38(6)42(56)10)49-19-17-45-29-53-51-21-22-52-54-30-46-18-20-50(28-48(46)32-60(54)66-62(52)61(51)65-59(53)31-47(45)27-49)64(57-25-15-35(3)39(7)43(57)11)58-26-16-36(4)40(8)44(58)12/h13-32H,1-12H3. The summed E-state index contributed by atoms with van der Waals surface area (Å²) in [7, 11) is 0. The zero-order chi connectivity index (χ0) is 46.0. The molecule has 0 spiro atoms. The molecule has 66 heavy (non-hydrogen) atoms. The van der Waals surface area contributed by atoms with Crippen LogP contribution in [0, 0.1) is 83.1 Å². The Balaban J connectivity index is 1.04. The summed E-state index contributed by atoms with van der Waals surface area (Å²) in [5, 5.41) is 8.83. The Labute approximate surface area is 387 Å². The van der Waals surface area contributed by atoms with Crippen molar-refractivity contribution < 1.29 is 8.83 Å². The molecule has 2 aromatic heterocycles. The van der Waals surface area contributed by atoms with Crippen molar-refractivity contribution in [2.75, 3.05) is 9.80 Å². The Kier molecular flexibility index (Phi) is 9.50. The van der Waals surface area contributed by atoms with Gasteiger partial charge in [-0.1, -0.05) is 36.4 Å². The van der Waals surface area contributed by atoms with Crippen LogP contribution in [0.3, 0.4) is 0 Å². The second-order valence-corrected chi connectivity index (χ2v) is 19.1. The zero-order valence-corrected chi connectivity index (χ0v) is 40.3. The van der Waals surface area contributed by atoms with E-state index in [1.165, 1.54) is 89.5 Å². The van der Waals surface area contributed by atoms with Crippen molar-refractivity contribution >= 4 is 99.5 Å². The van der Waals surface area contributed by atoms with Crippen molar-refractivity contribution in [3.63, 3.8) is 0 Å². The molecular weight excluding hydrogens is 805 g/mol. The highest BCUT2D eigenvalue weighted by atomic mass is 16.4. The first-order chi connectivity index (χ1) is 31.7. The fourth-order valence-corrected chi connectivity index (χ4v) is 10.4. The number of furan rings is 2. The van der Waals surface area contributed by atoms with E-state index in [-0.39, 0.29) is 0 Å². The molecule has 0 unspecified atom stereocenters. The molecule has 0 aliphatic carbocycles. The summed E-state index contributed by atoms with van der Waals surface area (Å²) < 4.78 is 13.7. The second-order valence-electron chi connectivity index (χ2n) is 19.1. The van der Waals surface area contributed by atoms with Crippen molar-refractivity contribution in [1.82, 2.24) is 0 Å². The average Bonchev–Trinajstić information content (AvgIpc) is 3.87. The maximum atomic E-state index is 6.86. The van der Waals surface area contributed by atoms with Crippen LogP contribution in [0.15, 0.2) is 130 Å². The second kappa shape index (κ2) is 15.1. The summed E-state index contributed by atoms with van der Waals surface area (Å²) in [6, 6.07) is 45.1. The minimum absolute atomic E-state index is 0.777. The molecule has 0 saturated heterocycles. The van der Waals surface area contributed by atoms with Gasteiger partial charge in [0.25, 0.3) is 0 Å². The minimum atomic E-state index is 0.777. The van der Waals surface area contributed by atoms with Gasteiger partial charge in [0, 0.05) is 55.7 Å². The van der Waals surface area contributed by atoms with Gasteiger partial charge < -0.3 is 18.6 Å². The molecule has 0 bridgehead atoms. The Morgan fingerprint density at radius 2 is 0.591 bits per heavy atom. The van der Waals surface area contributed by atoms with Crippen LogP contribution in [0.2, 0.25) is 0 Å². The SMILES string of the molecule is Cc1ccc(N(c2ccc3cc4c(cc3c2)oc2c4ccc3c4cc5ccc(N(c6ccc(C)c(C)c6C)c6ccc(C)c(C)c6C)cc5cc4oc32)c2ccc(C)c(C)c2C)c(C)c1C. The van der Waals surface area contributed by atoms with E-state index in [1.54, 1.807) is 0 Å². The lowest BCUT2D eigenvalue weighted by molar-refractivity contribution is 0.634. The minimum Gasteiger partial charge on any atom is -0.452 e. The lowest BCUT2D eigenvalue weighted by Crippen LogP contribution is -2.14. The Bertz CT molecular complexity index is 3490. The number of fused-ring (bicyclic) bond motifs is 9. The van der Waals surface area contributed by atoms with Crippen molar-refractivity contribution in [1.29, 1.82) is 0 Å². The lowest BCUT2D eigenvalue weighted by atomic mass is 9.97. The maximum Gasteiger partial charge on any atom is 0.178 e. The van der Waals surface area contributed by atoms with Gasteiger partial charge in [0.15, 0.2) is 11.2 Å². The van der Waals surface area contributed by atoms with E-state index in [4.69, 9.17) is 8.83 Å². The van der Waals surface area contributed by atoms with E-state index in [9.17, 15) is 0 Å². The van der Waals surface area contributed by atoms with E-state index in [2.05, 4.69) is 214 Å². The highest BCUT2D eigenvalue weighted by Gasteiger charge is 2.23. The fraction of sp³-hybridized carbons (Fsp3) is 0.194. The van der Waals surface area contributed by atoms with E-state index in [0.717, 1.165) is 76.8 Å². The predicted molar refractivity (Wildman–Crippen MR) is 282 cm³/mol. The van der Waals surface area contributed by atoms with Gasteiger partial charge in [0.05, 0.1) is 0 Å². The molecule has 11 rings (SSSR count). The first kappa shape index (κ1) is 41.4. The molecule has 0 aliphatic rings. The van der Waals surface area contributed by atoms with Gasteiger partial charge >= 0.3 is 0 Å². The molecule has 0 aliphatic heterocycles. The van der Waals surface area contributed by atoms with E-state index in [1.807, 2.05) is 0 Å². The van der Waals surface area contributed by atoms with Gasteiger partial charge in [0.2, 0.25) is 0 Å². The number of hydrogen-bond acceptors (Lipinski definition) is 4. The molecule has 4 heteroatoms. The van der Waals surface area contributed by atoms with Crippen LogP contribution in [0.1, 0.15) is 66.8 Å². The third kappa shape index (κ3) is 6.26. The molecule has 0 N–H and O–H groups in total. The topological polar surface area (TPSA) is 32.8 Å². The summed E-state index contributed by atoms with van der Waals surface area (Å²) >= 11 is 0. The van der Waals surface area contributed by atoms with Gasteiger partial charge in [-0.25, -0.2) is 0 Å².